The monoisotopic (exact) mass is 226 g/mol. The van der Waals surface area contributed by atoms with Crippen molar-refractivity contribution in [1.82, 2.24) is 0 Å². The van der Waals surface area contributed by atoms with E-state index in [0.717, 1.165) is 12.4 Å². The lowest BCUT2D eigenvalue weighted by atomic mass is 10.1. The molecule has 0 unspecified atom stereocenters. The molecule has 0 saturated carbocycles. The summed E-state index contributed by atoms with van der Waals surface area (Å²) < 4.78 is 4.83. The summed E-state index contributed by atoms with van der Waals surface area (Å²) in [7, 11) is 1.31. The van der Waals surface area contributed by atoms with Gasteiger partial charge in [-0.1, -0.05) is 10.3 Å². The van der Waals surface area contributed by atoms with Crippen molar-refractivity contribution in [3.8, 4) is 17.2 Å². The number of phenols is 2. The van der Waals surface area contributed by atoms with E-state index in [0.29, 0.717) is 0 Å². The van der Waals surface area contributed by atoms with Crippen LogP contribution in [0.4, 0.5) is 0 Å². The summed E-state index contributed by atoms with van der Waals surface area (Å²) in [6.07, 6.45) is 1.79. The molecule has 0 atom stereocenters. The van der Waals surface area contributed by atoms with Gasteiger partial charge in [0.05, 0.1) is 25.1 Å². The first-order chi connectivity index (χ1) is 7.65. The van der Waals surface area contributed by atoms with E-state index in [2.05, 4.69) is 10.3 Å². The Hall–Kier alpha value is -2.44. The maximum atomic E-state index is 9.63. The maximum Gasteiger partial charge on any atom is 0.170 e. The fraction of sp³-hybridized carbons (Fsp3) is 0.111. The Balaban J connectivity index is 3.50. The van der Waals surface area contributed by atoms with Crippen molar-refractivity contribution in [1.29, 1.82) is 0 Å². The minimum atomic E-state index is -0.395. The molecule has 0 radical (unpaired) electrons. The van der Waals surface area contributed by atoms with Crippen molar-refractivity contribution in [2.45, 2.75) is 0 Å². The van der Waals surface area contributed by atoms with Gasteiger partial charge in [-0.25, -0.2) is 0 Å². The Bertz CT molecular complexity index is 442. The molecule has 1 aromatic rings. The third-order valence-corrected chi connectivity index (χ3v) is 1.91. The second kappa shape index (κ2) is 4.87. The van der Waals surface area contributed by atoms with Gasteiger partial charge in [-0.05, 0) is 6.07 Å². The van der Waals surface area contributed by atoms with Crippen LogP contribution in [0.15, 0.2) is 16.4 Å². The first-order valence-electron chi connectivity index (χ1n) is 4.13. The zero-order chi connectivity index (χ0) is 12.1. The number of hydrogen-bond donors (Lipinski definition) is 4. The molecule has 0 saturated heterocycles. The molecule has 7 nitrogen and oxygen atoms in total. The van der Waals surface area contributed by atoms with Crippen LogP contribution in [-0.2, 0) is 0 Å². The van der Waals surface area contributed by atoms with Gasteiger partial charge in [0.15, 0.2) is 11.5 Å². The average molecular weight is 226 g/mol. The summed E-state index contributed by atoms with van der Waals surface area (Å²) in [6, 6.07) is 1.26. The van der Waals surface area contributed by atoms with Crippen LogP contribution in [0, 0.1) is 0 Å². The zero-order valence-electron chi connectivity index (χ0n) is 8.32. The lowest BCUT2D eigenvalue weighted by Crippen LogP contribution is -1.94. The molecule has 0 aliphatic heterocycles. The minimum Gasteiger partial charge on any atom is -0.506 e. The molecule has 7 heteroatoms. The van der Waals surface area contributed by atoms with Gasteiger partial charge in [-0.2, -0.15) is 0 Å². The number of aromatic hydroxyl groups is 2. The Morgan fingerprint density at radius 1 is 1.12 bits per heavy atom. The second-order valence-electron chi connectivity index (χ2n) is 2.77. The number of phenolic OH excluding ortho intramolecular Hbond substituents is 2. The highest BCUT2D eigenvalue weighted by Gasteiger charge is 2.15. The van der Waals surface area contributed by atoms with Crippen molar-refractivity contribution in [2.75, 3.05) is 7.11 Å². The molecule has 0 aliphatic rings. The van der Waals surface area contributed by atoms with E-state index in [1.54, 1.807) is 0 Å². The first-order valence-corrected chi connectivity index (χ1v) is 4.13. The number of oxime groups is 2. The lowest BCUT2D eigenvalue weighted by molar-refractivity contribution is 0.320. The number of ether oxygens (including phenoxy) is 1. The van der Waals surface area contributed by atoms with E-state index in [1.165, 1.54) is 13.2 Å². The molecule has 86 valence electrons. The first kappa shape index (κ1) is 11.6. The van der Waals surface area contributed by atoms with Gasteiger partial charge in [0, 0.05) is 5.56 Å². The molecule has 0 fully saturated rings. The Labute approximate surface area is 90.5 Å². The zero-order valence-corrected chi connectivity index (χ0v) is 8.32. The molecule has 0 bridgehead atoms. The van der Waals surface area contributed by atoms with E-state index in [4.69, 9.17) is 15.2 Å². The standard InChI is InChI=1S/C9H10N2O5/c1-16-7-2-5(3-10-14)8(12)6(4-11-15)9(7)13/h2-4,12-15H,1H3. The highest BCUT2D eigenvalue weighted by molar-refractivity contribution is 5.95. The topological polar surface area (TPSA) is 115 Å². The molecule has 16 heavy (non-hydrogen) atoms. The van der Waals surface area contributed by atoms with E-state index >= 15 is 0 Å². The summed E-state index contributed by atoms with van der Waals surface area (Å²) in [6.45, 7) is 0. The summed E-state index contributed by atoms with van der Waals surface area (Å²) >= 11 is 0. The van der Waals surface area contributed by atoms with Gasteiger partial charge in [0.25, 0.3) is 0 Å². The maximum absolute atomic E-state index is 9.63. The van der Waals surface area contributed by atoms with Crippen molar-refractivity contribution in [3.05, 3.63) is 17.2 Å². The van der Waals surface area contributed by atoms with E-state index in [9.17, 15) is 10.2 Å². The van der Waals surface area contributed by atoms with Gasteiger partial charge >= 0.3 is 0 Å². The van der Waals surface area contributed by atoms with Crippen molar-refractivity contribution in [3.63, 3.8) is 0 Å². The van der Waals surface area contributed by atoms with E-state index < -0.39 is 5.75 Å². The molecule has 0 spiro atoms. The predicted molar refractivity (Wildman–Crippen MR) is 55.1 cm³/mol. The fourth-order valence-electron chi connectivity index (χ4n) is 1.17. The third kappa shape index (κ3) is 1.97. The van der Waals surface area contributed by atoms with Crippen LogP contribution in [0.25, 0.3) is 0 Å². The largest absolute Gasteiger partial charge is 0.506 e. The fourth-order valence-corrected chi connectivity index (χ4v) is 1.17. The van der Waals surface area contributed by atoms with Crippen LogP contribution in [0.1, 0.15) is 11.1 Å². The Morgan fingerprint density at radius 2 is 1.75 bits per heavy atom. The van der Waals surface area contributed by atoms with Crippen LogP contribution in [0.2, 0.25) is 0 Å². The third-order valence-electron chi connectivity index (χ3n) is 1.91. The van der Waals surface area contributed by atoms with Crippen molar-refractivity contribution in [2.24, 2.45) is 10.3 Å². The van der Waals surface area contributed by atoms with Crippen molar-refractivity contribution >= 4 is 12.4 Å². The van der Waals surface area contributed by atoms with Gasteiger partial charge in [-0.15, -0.1) is 0 Å². The van der Waals surface area contributed by atoms with Crippen LogP contribution in [0.3, 0.4) is 0 Å². The minimum absolute atomic E-state index is 0.0441. The SMILES string of the molecule is COc1cc(C=NO)c(O)c(C=NO)c1O. The normalized spacial score (nSPS) is 11.3. The Kier molecular flexibility index (Phi) is 3.54. The van der Waals surface area contributed by atoms with Crippen LogP contribution in [0.5, 0.6) is 17.2 Å². The summed E-state index contributed by atoms with van der Waals surface area (Å²) in [5, 5.41) is 41.4. The molecule has 0 aromatic heterocycles. The van der Waals surface area contributed by atoms with Crippen LogP contribution >= 0.6 is 0 Å². The average Bonchev–Trinajstić information content (AvgIpc) is 2.28. The molecule has 0 heterocycles. The molecule has 0 aliphatic carbocycles. The molecule has 1 aromatic carbocycles. The van der Waals surface area contributed by atoms with Crippen LogP contribution in [-0.4, -0.2) is 40.2 Å². The number of hydrogen-bond acceptors (Lipinski definition) is 7. The number of methoxy groups -OCH3 is 1. The van der Waals surface area contributed by atoms with E-state index in [-0.39, 0.29) is 22.6 Å². The molecular formula is C9H10N2O5. The van der Waals surface area contributed by atoms with E-state index in [1.807, 2.05) is 0 Å². The van der Waals surface area contributed by atoms with Crippen molar-refractivity contribution < 1.29 is 25.4 Å². The predicted octanol–water partition coefficient (Wildman–Crippen LogP) is 0.723. The van der Waals surface area contributed by atoms with Gasteiger partial charge in [0.1, 0.15) is 5.75 Å². The number of rotatable bonds is 3. The lowest BCUT2D eigenvalue weighted by Gasteiger charge is -2.09. The molecule has 0 amide bonds. The number of benzene rings is 1. The van der Waals surface area contributed by atoms with Gasteiger partial charge in [-0.3, -0.25) is 0 Å². The quantitative estimate of drug-likeness (QED) is 0.344. The summed E-state index contributed by atoms with van der Waals surface area (Å²) in [5.41, 5.74) is -0.0381. The van der Waals surface area contributed by atoms with Gasteiger partial charge in [0.2, 0.25) is 0 Å². The molecule has 1 rings (SSSR count). The molecular weight excluding hydrogens is 216 g/mol. The second-order valence-corrected chi connectivity index (χ2v) is 2.77. The van der Waals surface area contributed by atoms with Gasteiger partial charge < -0.3 is 25.4 Å². The smallest absolute Gasteiger partial charge is 0.170 e. The summed E-state index contributed by atoms with van der Waals surface area (Å²) in [4.78, 5) is 0. The molecule has 4 N–H and O–H groups in total. The highest BCUT2D eigenvalue weighted by atomic mass is 16.5. The van der Waals surface area contributed by atoms with Crippen LogP contribution < -0.4 is 4.74 Å². The number of nitrogens with zero attached hydrogens (tertiary/aromatic N) is 2. The highest BCUT2D eigenvalue weighted by Crippen LogP contribution is 2.37. The summed E-state index contributed by atoms with van der Waals surface area (Å²) in [5.74, 6) is -0.732. The Morgan fingerprint density at radius 3 is 2.25 bits per heavy atom.